The van der Waals surface area contributed by atoms with Gasteiger partial charge in [0.15, 0.2) is 0 Å². The summed E-state index contributed by atoms with van der Waals surface area (Å²) < 4.78 is 10.4. The van der Waals surface area contributed by atoms with E-state index in [4.69, 9.17) is 14.3 Å². The van der Waals surface area contributed by atoms with Crippen LogP contribution in [-0.4, -0.2) is 30.8 Å². The predicted molar refractivity (Wildman–Crippen MR) is 60.9 cm³/mol. The summed E-state index contributed by atoms with van der Waals surface area (Å²) >= 11 is 0. The third kappa shape index (κ3) is 3.57. The molecular formula is C12H17NO4. The van der Waals surface area contributed by atoms with Crippen molar-refractivity contribution in [3.63, 3.8) is 0 Å². The molecule has 0 amide bonds. The van der Waals surface area contributed by atoms with Crippen LogP contribution in [0.5, 0.6) is 0 Å². The zero-order chi connectivity index (χ0) is 12.1. The van der Waals surface area contributed by atoms with Gasteiger partial charge in [0.05, 0.1) is 6.54 Å². The zero-order valence-corrected chi connectivity index (χ0v) is 9.65. The van der Waals surface area contributed by atoms with E-state index in [0.717, 1.165) is 32.6 Å². The largest absolute Gasteiger partial charge is 0.475 e. The third-order valence-electron chi connectivity index (χ3n) is 2.95. The van der Waals surface area contributed by atoms with Gasteiger partial charge in [0.1, 0.15) is 5.76 Å². The van der Waals surface area contributed by atoms with Crippen LogP contribution in [0, 0.1) is 5.92 Å². The monoisotopic (exact) mass is 239 g/mol. The van der Waals surface area contributed by atoms with Gasteiger partial charge in [0.25, 0.3) is 0 Å². The molecule has 17 heavy (non-hydrogen) atoms. The van der Waals surface area contributed by atoms with Crippen LogP contribution in [0.3, 0.4) is 0 Å². The van der Waals surface area contributed by atoms with Crippen molar-refractivity contribution in [2.24, 2.45) is 5.92 Å². The lowest BCUT2D eigenvalue weighted by atomic mass is 10.0. The molecule has 0 aliphatic carbocycles. The maximum absolute atomic E-state index is 10.6. The van der Waals surface area contributed by atoms with Gasteiger partial charge in [0.2, 0.25) is 5.76 Å². The molecule has 2 rings (SSSR count). The molecule has 0 saturated carbocycles. The van der Waals surface area contributed by atoms with E-state index >= 15 is 0 Å². The van der Waals surface area contributed by atoms with E-state index < -0.39 is 5.97 Å². The highest BCUT2D eigenvalue weighted by Crippen LogP contribution is 2.14. The van der Waals surface area contributed by atoms with Crippen LogP contribution < -0.4 is 5.32 Å². The van der Waals surface area contributed by atoms with E-state index in [2.05, 4.69) is 5.32 Å². The van der Waals surface area contributed by atoms with E-state index in [0.29, 0.717) is 18.2 Å². The highest BCUT2D eigenvalue weighted by molar-refractivity contribution is 5.84. The first-order chi connectivity index (χ1) is 8.25. The van der Waals surface area contributed by atoms with E-state index in [1.807, 2.05) is 0 Å². The van der Waals surface area contributed by atoms with Gasteiger partial charge in [-0.3, -0.25) is 0 Å². The molecule has 5 nitrogen and oxygen atoms in total. The molecule has 1 aromatic heterocycles. The Bertz CT molecular complexity index is 368. The quantitative estimate of drug-likeness (QED) is 0.814. The minimum Gasteiger partial charge on any atom is -0.475 e. The van der Waals surface area contributed by atoms with Crippen LogP contribution in [0.15, 0.2) is 16.5 Å². The van der Waals surface area contributed by atoms with Gasteiger partial charge in [-0.05, 0) is 37.4 Å². The Labute approximate surface area is 99.8 Å². The van der Waals surface area contributed by atoms with Crippen molar-refractivity contribution in [3.05, 3.63) is 23.7 Å². The predicted octanol–water partition coefficient (Wildman–Crippen LogP) is 1.49. The normalized spacial score (nSPS) is 17.2. The fourth-order valence-corrected chi connectivity index (χ4v) is 1.94. The lowest BCUT2D eigenvalue weighted by Crippen LogP contribution is -2.27. The van der Waals surface area contributed by atoms with Gasteiger partial charge in [-0.1, -0.05) is 0 Å². The Morgan fingerprint density at radius 2 is 2.18 bits per heavy atom. The maximum atomic E-state index is 10.6. The summed E-state index contributed by atoms with van der Waals surface area (Å²) in [6, 6.07) is 3.17. The van der Waals surface area contributed by atoms with Crippen LogP contribution in [0.25, 0.3) is 0 Å². The molecule has 0 unspecified atom stereocenters. The van der Waals surface area contributed by atoms with Crippen molar-refractivity contribution in [1.82, 2.24) is 5.32 Å². The van der Waals surface area contributed by atoms with Crippen LogP contribution in [-0.2, 0) is 11.3 Å². The average molecular weight is 239 g/mol. The van der Waals surface area contributed by atoms with Gasteiger partial charge in [0, 0.05) is 13.2 Å². The van der Waals surface area contributed by atoms with Crippen molar-refractivity contribution < 1.29 is 19.1 Å². The maximum Gasteiger partial charge on any atom is 0.371 e. The molecule has 0 atom stereocenters. The summed E-state index contributed by atoms with van der Waals surface area (Å²) in [4.78, 5) is 10.6. The van der Waals surface area contributed by atoms with Crippen molar-refractivity contribution in [2.75, 3.05) is 19.8 Å². The lowest BCUT2D eigenvalue weighted by Gasteiger charge is -2.21. The molecule has 1 saturated heterocycles. The Hall–Kier alpha value is -1.33. The van der Waals surface area contributed by atoms with Crippen molar-refractivity contribution >= 4 is 5.97 Å². The average Bonchev–Trinajstić information content (AvgIpc) is 2.79. The number of furan rings is 1. The molecule has 0 aromatic carbocycles. The highest BCUT2D eigenvalue weighted by atomic mass is 16.5. The number of nitrogens with one attached hydrogen (secondary N) is 1. The number of carbonyl (C=O) groups is 1. The summed E-state index contributed by atoms with van der Waals surface area (Å²) in [5.41, 5.74) is 0. The first-order valence-corrected chi connectivity index (χ1v) is 5.86. The fraction of sp³-hybridized carbons (Fsp3) is 0.583. The Kier molecular flexibility index (Phi) is 4.17. The zero-order valence-electron chi connectivity index (χ0n) is 9.65. The third-order valence-corrected chi connectivity index (χ3v) is 2.95. The fourth-order valence-electron chi connectivity index (χ4n) is 1.94. The summed E-state index contributed by atoms with van der Waals surface area (Å²) in [6.07, 6.45) is 2.18. The number of carboxylic acids is 1. The molecule has 2 N–H and O–H groups in total. The van der Waals surface area contributed by atoms with Gasteiger partial charge >= 0.3 is 5.97 Å². The number of rotatable bonds is 5. The van der Waals surface area contributed by atoms with Crippen molar-refractivity contribution in [3.8, 4) is 0 Å². The second-order valence-corrected chi connectivity index (χ2v) is 4.26. The molecule has 94 valence electrons. The highest BCUT2D eigenvalue weighted by Gasteiger charge is 2.13. The van der Waals surface area contributed by atoms with Gasteiger partial charge in [-0.15, -0.1) is 0 Å². The number of hydrogen-bond donors (Lipinski definition) is 2. The summed E-state index contributed by atoms with van der Waals surface area (Å²) in [5, 5.41) is 12.0. The van der Waals surface area contributed by atoms with E-state index in [1.54, 1.807) is 6.07 Å². The van der Waals surface area contributed by atoms with Crippen LogP contribution >= 0.6 is 0 Å². The first-order valence-electron chi connectivity index (χ1n) is 5.86. The molecular weight excluding hydrogens is 222 g/mol. The number of carboxylic acid groups (broad SMARTS) is 1. The second kappa shape index (κ2) is 5.84. The Morgan fingerprint density at radius 1 is 1.41 bits per heavy atom. The summed E-state index contributed by atoms with van der Waals surface area (Å²) in [6.45, 7) is 3.18. The molecule has 1 fully saturated rings. The summed E-state index contributed by atoms with van der Waals surface area (Å²) in [7, 11) is 0. The van der Waals surface area contributed by atoms with E-state index in [-0.39, 0.29) is 5.76 Å². The Balaban J connectivity index is 1.71. The smallest absolute Gasteiger partial charge is 0.371 e. The van der Waals surface area contributed by atoms with Gasteiger partial charge in [-0.25, -0.2) is 4.79 Å². The van der Waals surface area contributed by atoms with Crippen LogP contribution in [0.1, 0.15) is 29.2 Å². The first kappa shape index (κ1) is 12.1. The summed E-state index contributed by atoms with van der Waals surface area (Å²) in [5.74, 6) is 0.278. The van der Waals surface area contributed by atoms with E-state index in [9.17, 15) is 4.79 Å². The van der Waals surface area contributed by atoms with Crippen molar-refractivity contribution in [1.29, 1.82) is 0 Å². The van der Waals surface area contributed by atoms with E-state index in [1.165, 1.54) is 6.07 Å². The SMILES string of the molecule is O=C(O)c1ccc(CNCC2CCOCC2)o1. The standard InChI is InChI=1S/C12H17NO4/c14-12(15)11-2-1-10(17-11)8-13-7-9-3-5-16-6-4-9/h1-2,9,13H,3-8H2,(H,14,15). The van der Waals surface area contributed by atoms with Gasteiger partial charge in [-0.2, -0.15) is 0 Å². The number of hydrogen-bond acceptors (Lipinski definition) is 4. The lowest BCUT2D eigenvalue weighted by molar-refractivity contribution is 0.0649. The molecule has 0 radical (unpaired) electrons. The Morgan fingerprint density at radius 3 is 2.82 bits per heavy atom. The van der Waals surface area contributed by atoms with Crippen LogP contribution in [0.4, 0.5) is 0 Å². The van der Waals surface area contributed by atoms with Crippen LogP contribution in [0.2, 0.25) is 0 Å². The van der Waals surface area contributed by atoms with Crippen molar-refractivity contribution in [2.45, 2.75) is 19.4 Å². The molecule has 5 heteroatoms. The minimum absolute atomic E-state index is 0.00661. The number of aromatic carboxylic acids is 1. The second-order valence-electron chi connectivity index (χ2n) is 4.26. The molecule has 2 heterocycles. The van der Waals surface area contributed by atoms with Gasteiger partial charge < -0.3 is 19.6 Å². The molecule has 1 aliphatic heterocycles. The minimum atomic E-state index is -1.03. The molecule has 0 spiro atoms. The topological polar surface area (TPSA) is 71.7 Å². The molecule has 1 aliphatic rings. The molecule has 1 aromatic rings. The number of ether oxygens (including phenoxy) is 1. The molecule has 0 bridgehead atoms.